The topological polar surface area (TPSA) is 72.3 Å². The van der Waals surface area contributed by atoms with Crippen LogP contribution in [0.3, 0.4) is 0 Å². The van der Waals surface area contributed by atoms with Gasteiger partial charge in [0.1, 0.15) is 12.1 Å². The minimum Gasteiger partial charge on any atom is -0.378 e. The molecule has 2 aromatic carbocycles. The zero-order valence-corrected chi connectivity index (χ0v) is 17.1. The zero-order valence-electron chi connectivity index (χ0n) is 17.1. The second-order valence-corrected chi connectivity index (χ2v) is 7.45. The minimum atomic E-state index is -0.105. The molecule has 0 aliphatic carbocycles. The van der Waals surface area contributed by atoms with E-state index in [9.17, 15) is 4.79 Å². The van der Waals surface area contributed by atoms with Crippen LogP contribution in [-0.2, 0) is 11.3 Å². The molecule has 0 atom stereocenters. The number of para-hydroxylation sites is 2. The van der Waals surface area contributed by atoms with Crippen LogP contribution in [0, 0.1) is 0 Å². The first kappa shape index (κ1) is 19.3. The fourth-order valence-corrected chi connectivity index (χ4v) is 3.76. The number of aromatic nitrogens is 3. The van der Waals surface area contributed by atoms with Crippen LogP contribution >= 0.6 is 0 Å². The second-order valence-electron chi connectivity index (χ2n) is 7.45. The largest absolute Gasteiger partial charge is 0.378 e. The van der Waals surface area contributed by atoms with Crippen LogP contribution < -0.4 is 10.2 Å². The molecule has 1 aliphatic rings. The summed E-state index contributed by atoms with van der Waals surface area (Å²) in [5.74, 6) is 0.818. The van der Waals surface area contributed by atoms with Crippen LogP contribution in [0.2, 0.25) is 0 Å². The van der Waals surface area contributed by atoms with Crippen molar-refractivity contribution in [3.8, 4) is 5.69 Å². The number of hydrogen-bond acceptors (Lipinski definition) is 5. The third kappa shape index (κ3) is 4.13. The first-order valence-electron chi connectivity index (χ1n) is 10.4. The molecular formula is C24H23N5O2. The van der Waals surface area contributed by atoms with Crippen molar-refractivity contribution in [3.05, 3.63) is 84.3 Å². The molecule has 7 nitrogen and oxygen atoms in total. The van der Waals surface area contributed by atoms with Crippen LogP contribution in [0.25, 0.3) is 16.7 Å². The van der Waals surface area contributed by atoms with Gasteiger partial charge in [0, 0.05) is 37.1 Å². The molecule has 7 heteroatoms. The highest BCUT2D eigenvalue weighted by atomic mass is 16.5. The number of fused-ring (bicyclic) bond motifs is 1. The average Bonchev–Trinajstić information content (AvgIpc) is 3.28. The maximum absolute atomic E-state index is 12.6. The van der Waals surface area contributed by atoms with Crippen LogP contribution in [0.15, 0.2) is 73.2 Å². The van der Waals surface area contributed by atoms with Crippen molar-refractivity contribution in [2.75, 3.05) is 31.2 Å². The average molecular weight is 413 g/mol. The predicted octanol–water partition coefficient (Wildman–Crippen LogP) is 3.19. The fraction of sp³-hybridized carbons (Fsp3) is 0.208. The van der Waals surface area contributed by atoms with Gasteiger partial charge in [-0.25, -0.2) is 9.97 Å². The smallest absolute Gasteiger partial charge is 0.251 e. The standard InChI is InChI=1S/C24H23N5O2/c30-24(26-16-18-9-10-25-23(15-18)28-11-13-31-14-12-28)19-5-7-20(8-6-19)29-17-27-21-3-1-2-4-22(21)29/h1-10,15,17H,11-14,16H2,(H,26,30). The van der Waals surface area contributed by atoms with Gasteiger partial charge < -0.3 is 15.0 Å². The molecule has 5 rings (SSSR count). The van der Waals surface area contributed by atoms with Crippen molar-refractivity contribution in [1.29, 1.82) is 0 Å². The van der Waals surface area contributed by atoms with E-state index in [4.69, 9.17) is 4.74 Å². The van der Waals surface area contributed by atoms with E-state index in [1.165, 1.54) is 0 Å². The summed E-state index contributed by atoms with van der Waals surface area (Å²) in [6, 6.07) is 19.5. The van der Waals surface area contributed by atoms with E-state index >= 15 is 0 Å². The van der Waals surface area contributed by atoms with Crippen LogP contribution in [0.1, 0.15) is 15.9 Å². The molecule has 1 aliphatic heterocycles. The Balaban J connectivity index is 1.25. The Kier molecular flexibility index (Phi) is 5.33. The number of rotatable bonds is 5. The Hall–Kier alpha value is -3.71. The quantitative estimate of drug-likeness (QED) is 0.544. The molecule has 156 valence electrons. The van der Waals surface area contributed by atoms with Crippen LogP contribution in [-0.4, -0.2) is 46.7 Å². The van der Waals surface area contributed by atoms with E-state index in [0.29, 0.717) is 25.3 Å². The molecule has 0 saturated carbocycles. The van der Waals surface area contributed by atoms with E-state index < -0.39 is 0 Å². The zero-order chi connectivity index (χ0) is 21.0. The van der Waals surface area contributed by atoms with Gasteiger partial charge in [-0.05, 0) is 54.1 Å². The Labute approximate surface area is 180 Å². The summed E-state index contributed by atoms with van der Waals surface area (Å²) in [6.07, 6.45) is 3.59. The molecule has 2 aromatic heterocycles. The van der Waals surface area contributed by atoms with Gasteiger partial charge in [0.05, 0.1) is 24.2 Å². The van der Waals surface area contributed by atoms with Gasteiger partial charge in [0.25, 0.3) is 5.91 Å². The Morgan fingerprint density at radius 3 is 2.65 bits per heavy atom. The summed E-state index contributed by atoms with van der Waals surface area (Å²) in [6.45, 7) is 3.55. The number of nitrogens with zero attached hydrogens (tertiary/aromatic N) is 4. The molecule has 1 amide bonds. The molecule has 1 N–H and O–H groups in total. The third-order valence-electron chi connectivity index (χ3n) is 5.46. The Bertz CT molecular complexity index is 1200. The second kappa shape index (κ2) is 8.57. The summed E-state index contributed by atoms with van der Waals surface area (Å²) < 4.78 is 7.42. The first-order valence-corrected chi connectivity index (χ1v) is 10.4. The van der Waals surface area contributed by atoms with E-state index in [0.717, 1.165) is 41.2 Å². The van der Waals surface area contributed by atoms with Crippen molar-refractivity contribution < 1.29 is 9.53 Å². The maximum atomic E-state index is 12.6. The molecular weight excluding hydrogens is 390 g/mol. The molecule has 0 bridgehead atoms. The Morgan fingerprint density at radius 1 is 1.00 bits per heavy atom. The Morgan fingerprint density at radius 2 is 1.81 bits per heavy atom. The molecule has 0 radical (unpaired) electrons. The number of pyridine rings is 1. The highest BCUT2D eigenvalue weighted by molar-refractivity contribution is 5.94. The van der Waals surface area contributed by atoms with Crippen molar-refractivity contribution in [2.45, 2.75) is 6.54 Å². The van der Waals surface area contributed by atoms with Gasteiger partial charge in [0.15, 0.2) is 0 Å². The van der Waals surface area contributed by atoms with Gasteiger partial charge >= 0.3 is 0 Å². The van der Waals surface area contributed by atoms with E-state index in [1.54, 1.807) is 12.5 Å². The summed E-state index contributed by atoms with van der Waals surface area (Å²) in [7, 11) is 0. The van der Waals surface area contributed by atoms with Gasteiger partial charge in [-0.2, -0.15) is 0 Å². The lowest BCUT2D eigenvalue weighted by Gasteiger charge is -2.28. The number of amides is 1. The number of carbonyl (C=O) groups excluding carboxylic acids is 1. The number of morpholine rings is 1. The molecule has 1 fully saturated rings. The number of anilines is 1. The number of imidazole rings is 1. The van der Waals surface area contributed by atoms with Gasteiger partial charge in [-0.3, -0.25) is 9.36 Å². The number of benzene rings is 2. The van der Waals surface area contributed by atoms with Gasteiger partial charge in [-0.1, -0.05) is 12.1 Å². The highest BCUT2D eigenvalue weighted by Crippen LogP contribution is 2.18. The lowest BCUT2D eigenvalue weighted by atomic mass is 10.1. The van der Waals surface area contributed by atoms with Crippen molar-refractivity contribution in [3.63, 3.8) is 0 Å². The number of hydrogen-bond donors (Lipinski definition) is 1. The molecule has 4 aromatic rings. The predicted molar refractivity (Wildman–Crippen MR) is 120 cm³/mol. The lowest BCUT2D eigenvalue weighted by Crippen LogP contribution is -2.36. The summed E-state index contributed by atoms with van der Waals surface area (Å²) in [4.78, 5) is 23.7. The summed E-state index contributed by atoms with van der Waals surface area (Å²) >= 11 is 0. The summed E-state index contributed by atoms with van der Waals surface area (Å²) in [5.41, 5.74) is 4.59. The number of nitrogens with one attached hydrogen (secondary N) is 1. The van der Waals surface area contributed by atoms with Gasteiger partial charge in [-0.15, -0.1) is 0 Å². The highest BCUT2D eigenvalue weighted by Gasteiger charge is 2.13. The fourth-order valence-electron chi connectivity index (χ4n) is 3.76. The van der Waals surface area contributed by atoms with Crippen molar-refractivity contribution >= 4 is 22.8 Å². The molecule has 31 heavy (non-hydrogen) atoms. The third-order valence-corrected chi connectivity index (χ3v) is 5.46. The molecule has 1 saturated heterocycles. The van der Waals surface area contributed by atoms with Crippen molar-refractivity contribution in [2.24, 2.45) is 0 Å². The summed E-state index contributed by atoms with van der Waals surface area (Å²) in [5, 5.41) is 3.00. The SMILES string of the molecule is O=C(NCc1ccnc(N2CCOCC2)c1)c1ccc(-n2cnc3ccccc32)cc1. The maximum Gasteiger partial charge on any atom is 0.251 e. The number of carbonyl (C=O) groups is 1. The lowest BCUT2D eigenvalue weighted by molar-refractivity contribution is 0.0951. The minimum absolute atomic E-state index is 0.105. The number of ether oxygens (including phenoxy) is 1. The normalized spacial score (nSPS) is 14.0. The monoisotopic (exact) mass is 413 g/mol. The first-order chi connectivity index (χ1) is 15.3. The van der Waals surface area contributed by atoms with E-state index in [2.05, 4.69) is 20.2 Å². The van der Waals surface area contributed by atoms with Crippen LogP contribution in [0.4, 0.5) is 5.82 Å². The van der Waals surface area contributed by atoms with Gasteiger partial charge in [0.2, 0.25) is 0 Å². The van der Waals surface area contributed by atoms with E-state index in [1.807, 2.05) is 65.2 Å². The molecule has 0 unspecified atom stereocenters. The van der Waals surface area contributed by atoms with E-state index in [-0.39, 0.29) is 5.91 Å². The molecule has 3 heterocycles. The van der Waals surface area contributed by atoms with Crippen LogP contribution in [0.5, 0.6) is 0 Å². The molecule has 0 spiro atoms. The van der Waals surface area contributed by atoms with Crippen molar-refractivity contribution in [1.82, 2.24) is 19.9 Å².